The van der Waals surface area contributed by atoms with Gasteiger partial charge in [-0.2, -0.15) is 0 Å². The molecule has 1 rings (SSSR count). The van der Waals surface area contributed by atoms with Gasteiger partial charge >= 0.3 is 5.97 Å². The quantitative estimate of drug-likeness (QED) is 0.671. The Balaban J connectivity index is 2.41. The molecule has 0 radical (unpaired) electrons. The average Bonchev–Trinajstić information content (AvgIpc) is 2.04. The van der Waals surface area contributed by atoms with Crippen LogP contribution in [0.4, 0.5) is 0 Å². The maximum atomic E-state index is 10.5. The molecule has 0 spiro atoms. The van der Waals surface area contributed by atoms with Crippen LogP contribution >= 0.6 is 0 Å². The van der Waals surface area contributed by atoms with Crippen LogP contribution in [0.2, 0.25) is 0 Å². The summed E-state index contributed by atoms with van der Waals surface area (Å²) in [6.45, 7) is 0. The first-order valence-electron chi connectivity index (χ1n) is 4.63. The van der Waals surface area contributed by atoms with E-state index in [1.807, 2.05) is 7.05 Å². The normalized spacial score (nSPS) is 30.1. The van der Waals surface area contributed by atoms with Gasteiger partial charge in [-0.3, -0.25) is 4.79 Å². The number of hydrogen-bond acceptors (Lipinski definition) is 2. The molecule has 12 heavy (non-hydrogen) atoms. The Labute approximate surface area is 73.2 Å². The Hall–Kier alpha value is -0.570. The van der Waals surface area contributed by atoms with Gasteiger partial charge in [0.15, 0.2) is 0 Å². The van der Waals surface area contributed by atoms with E-state index in [0.717, 1.165) is 12.8 Å². The highest BCUT2D eigenvalue weighted by molar-refractivity contribution is 5.67. The second-order valence-electron chi connectivity index (χ2n) is 3.54. The first-order chi connectivity index (χ1) is 5.74. The summed E-state index contributed by atoms with van der Waals surface area (Å²) in [7, 11) is 1.92. The van der Waals surface area contributed by atoms with Crippen molar-refractivity contribution in [2.45, 2.75) is 38.1 Å². The zero-order chi connectivity index (χ0) is 8.97. The summed E-state index contributed by atoms with van der Waals surface area (Å²) < 4.78 is 0. The number of nitrogens with one attached hydrogen (secondary N) is 1. The fraction of sp³-hybridized carbons (Fsp3) is 0.889. The Morgan fingerprint density at radius 2 is 2.17 bits per heavy atom. The molecule has 1 aliphatic carbocycles. The van der Waals surface area contributed by atoms with Gasteiger partial charge < -0.3 is 10.4 Å². The highest BCUT2D eigenvalue weighted by Crippen LogP contribution is 2.26. The largest absolute Gasteiger partial charge is 0.481 e. The third-order valence-electron chi connectivity index (χ3n) is 2.72. The minimum atomic E-state index is -0.665. The van der Waals surface area contributed by atoms with Crippen molar-refractivity contribution >= 4 is 5.97 Å². The van der Waals surface area contributed by atoms with Crippen molar-refractivity contribution in [3.05, 3.63) is 0 Å². The first kappa shape index (κ1) is 9.52. The van der Waals surface area contributed by atoms with E-state index in [4.69, 9.17) is 5.11 Å². The molecule has 3 heteroatoms. The molecule has 0 aromatic heterocycles. The number of rotatable bonds is 3. The predicted octanol–water partition coefficient (Wildman–Crippen LogP) is 1.24. The molecule has 3 nitrogen and oxygen atoms in total. The third-order valence-corrected chi connectivity index (χ3v) is 2.72. The molecule has 0 bridgehead atoms. The molecule has 0 saturated heterocycles. The van der Waals surface area contributed by atoms with Gasteiger partial charge in [-0.05, 0) is 25.8 Å². The van der Waals surface area contributed by atoms with E-state index in [1.165, 1.54) is 12.8 Å². The molecule has 1 saturated carbocycles. The van der Waals surface area contributed by atoms with Crippen molar-refractivity contribution < 1.29 is 9.90 Å². The van der Waals surface area contributed by atoms with E-state index in [-0.39, 0.29) is 0 Å². The Bertz CT molecular complexity index is 159. The molecule has 2 N–H and O–H groups in total. The minimum Gasteiger partial charge on any atom is -0.481 e. The van der Waals surface area contributed by atoms with Crippen LogP contribution in [0, 0.1) is 5.92 Å². The molecule has 1 fully saturated rings. The molecule has 2 unspecified atom stereocenters. The summed E-state index contributed by atoms with van der Waals surface area (Å²) in [4.78, 5) is 10.5. The number of carbonyl (C=O) groups is 1. The lowest BCUT2D eigenvalue weighted by atomic mass is 9.82. The SMILES string of the molecule is CNC1CCCCC1CC(=O)O. The zero-order valence-electron chi connectivity index (χ0n) is 7.55. The van der Waals surface area contributed by atoms with Gasteiger partial charge in [-0.25, -0.2) is 0 Å². The Kier molecular flexibility index (Phi) is 3.53. The summed E-state index contributed by atoms with van der Waals surface area (Å²) in [6, 6.07) is 0.426. The van der Waals surface area contributed by atoms with Gasteiger partial charge in [0.25, 0.3) is 0 Å². The van der Waals surface area contributed by atoms with Crippen LogP contribution in [-0.2, 0) is 4.79 Å². The summed E-state index contributed by atoms with van der Waals surface area (Å²) in [5, 5.41) is 11.8. The molecule has 0 heterocycles. The van der Waals surface area contributed by atoms with E-state index in [9.17, 15) is 4.79 Å². The smallest absolute Gasteiger partial charge is 0.303 e. The number of carboxylic acids is 1. The minimum absolute atomic E-state index is 0.325. The summed E-state index contributed by atoms with van der Waals surface area (Å²) in [5.41, 5.74) is 0. The van der Waals surface area contributed by atoms with E-state index in [1.54, 1.807) is 0 Å². The molecule has 1 aliphatic rings. The fourth-order valence-electron chi connectivity index (χ4n) is 2.06. The number of hydrogen-bond donors (Lipinski definition) is 2. The van der Waals surface area contributed by atoms with E-state index < -0.39 is 5.97 Å². The van der Waals surface area contributed by atoms with E-state index in [0.29, 0.717) is 18.4 Å². The summed E-state index contributed by atoms with van der Waals surface area (Å²) in [5.74, 6) is -0.316. The molecule has 0 aliphatic heterocycles. The second kappa shape index (κ2) is 4.45. The molecule has 70 valence electrons. The van der Waals surface area contributed by atoms with Crippen LogP contribution in [0.15, 0.2) is 0 Å². The molecular formula is C9H17NO2. The van der Waals surface area contributed by atoms with Crippen LogP contribution in [0.3, 0.4) is 0 Å². The van der Waals surface area contributed by atoms with Crippen LogP contribution in [-0.4, -0.2) is 24.2 Å². The monoisotopic (exact) mass is 171 g/mol. The van der Waals surface area contributed by atoms with E-state index in [2.05, 4.69) is 5.32 Å². The maximum Gasteiger partial charge on any atom is 0.303 e. The number of aliphatic carboxylic acids is 1. The summed E-state index contributed by atoms with van der Waals surface area (Å²) in [6.07, 6.45) is 4.95. The van der Waals surface area contributed by atoms with Gasteiger partial charge in [0.2, 0.25) is 0 Å². The van der Waals surface area contributed by atoms with Crippen LogP contribution in [0.5, 0.6) is 0 Å². The van der Waals surface area contributed by atoms with Crippen molar-refractivity contribution in [3.8, 4) is 0 Å². The van der Waals surface area contributed by atoms with Gasteiger partial charge in [0.05, 0.1) is 0 Å². The Morgan fingerprint density at radius 1 is 1.50 bits per heavy atom. The van der Waals surface area contributed by atoms with Crippen molar-refractivity contribution in [1.82, 2.24) is 5.32 Å². The fourth-order valence-corrected chi connectivity index (χ4v) is 2.06. The highest BCUT2D eigenvalue weighted by Gasteiger charge is 2.25. The van der Waals surface area contributed by atoms with Gasteiger partial charge in [0, 0.05) is 12.5 Å². The van der Waals surface area contributed by atoms with Crippen molar-refractivity contribution in [2.75, 3.05) is 7.05 Å². The Morgan fingerprint density at radius 3 is 2.75 bits per heavy atom. The number of carboxylic acid groups (broad SMARTS) is 1. The molecular weight excluding hydrogens is 154 g/mol. The average molecular weight is 171 g/mol. The van der Waals surface area contributed by atoms with Gasteiger partial charge in [-0.1, -0.05) is 12.8 Å². The molecule has 2 atom stereocenters. The maximum absolute atomic E-state index is 10.5. The van der Waals surface area contributed by atoms with Gasteiger partial charge in [-0.15, -0.1) is 0 Å². The standard InChI is InChI=1S/C9H17NO2/c1-10-8-5-3-2-4-7(8)6-9(11)12/h7-8,10H,2-6H2,1H3,(H,11,12). The molecule has 0 aromatic rings. The van der Waals surface area contributed by atoms with Crippen LogP contribution in [0.1, 0.15) is 32.1 Å². The predicted molar refractivity (Wildman–Crippen MR) is 47.1 cm³/mol. The molecule has 0 amide bonds. The lowest BCUT2D eigenvalue weighted by Gasteiger charge is -2.30. The summed E-state index contributed by atoms with van der Waals surface area (Å²) >= 11 is 0. The first-order valence-corrected chi connectivity index (χ1v) is 4.63. The topological polar surface area (TPSA) is 49.3 Å². The van der Waals surface area contributed by atoms with Crippen LogP contribution in [0.25, 0.3) is 0 Å². The van der Waals surface area contributed by atoms with Gasteiger partial charge in [0.1, 0.15) is 0 Å². The lowest BCUT2D eigenvalue weighted by Crippen LogP contribution is -2.37. The zero-order valence-corrected chi connectivity index (χ0v) is 7.55. The van der Waals surface area contributed by atoms with Crippen molar-refractivity contribution in [3.63, 3.8) is 0 Å². The molecule has 0 aromatic carbocycles. The van der Waals surface area contributed by atoms with Crippen molar-refractivity contribution in [1.29, 1.82) is 0 Å². The second-order valence-corrected chi connectivity index (χ2v) is 3.54. The van der Waals surface area contributed by atoms with Crippen LogP contribution < -0.4 is 5.32 Å². The highest BCUT2D eigenvalue weighted by atomic mass is 16.4. The third kappa shape index (κ3) is 2.48. The van der Waals surface area contributed by atoms with Crippen molar-refractivity contribution in [2.24, 2.45) is 5.92 Å². The lowest BCUT2D eigenvalue weighted by molar-refractivity contribution is -0.138. The van der Waals surface area contributed by atoms with E-state index >= 15 is 0 Å².